The molecule has 0 N–H and O–H groups in total. The van der Waals surface area contributed by atoms with Crippen LogP contribution in [-0.2, 0) is 0 Å². The largest absolute Gasteiger partial charge is 0.294 e. The van der Waals surface area contributed by atoms with Crippen molar-refractivity contribution < 1.29 is 0 Å². The van der Waals surface area contributed by atoms with Crippen molar-refractivity contribution >= 4 is 22.8 Å². The number of nitrogens with zero attached hydrogens (tertiary/aromatic N) is 4. The Balaban J connectivity index is 0.000000255. The third-order valence-corrected chi connectivity index (χ3v) is 7.90. The molecule has 0 saturated carbocycles. The Morgan fingerprint density at radius 1 is 0.447 bits per heavy atom. The van der Waals surface area contributed by atoms with Crippen molar-refractivity contribution in [3.63, 3.8) is 0 Å². The Bertz CT molecular complexity index is 765. The predicted octanol–water partition coefficient (Wildman–Crippen LogP) is 9.71. The highest BCUT2D eigenvalue weighted by molar-refractivity contribution is 5.88. The van der Waals surface area contributed by atoms with Crippen molar-refractivity contribution in [1.82, 2.24) is 0 Å². The van der Waals surface area contributed by atoms with Gasteiger partial charge in [-0.3, -0.25) is 20.0 Å². The van der Waals surface area contributed by atoms with Gasteiger partial charge < -0.3 is 0 Å². The van der Waals surface area contributed by atoms with Crippen LogP contribution in [0.15, 0.2) is 20.0 Å². The number of aliphatic imine (C=N–C) groups is 4. The molecule has 0 saturated heterocycles. The van der Waals surface area contributed by atoms with Crippen LogP contribution in [0.25, 0.3) is 0 Å². The molecule has 0 spiro atoms. The second-order valence-corrected chi connectivity index (χ2v) is 13.6. The Morgan fingerprint density at radius 3 is 1.18 bits per heavy atom. The fraction of sp³-hybridized carbons (Fsp3) is 0.882. The molecule has 4 heterocycles. The maximum absolute atomic E-state index is 4.60. The second kappa shape index (κ2) is 18.9. The lowest BCUT2D eigenvalue weighted by Crippen LogP contribution is -2.25. The van der Waals surface area contributed by atoms with Crippen LogP contribution in [0.4, 0.5) is 0 Å². The summed E-state index contributed by atoms with van der Waals surface area (Å²) in [7, 11) is 0. The molecule has 0 aromatic carbocycles. The number of rotatable bonds is 4. The zero-order valence-electron chi connectivity index (χ0n) is 27.2. The van der Waals surface area contributed by atoms with E-state index in [9.17, 15) is 0 Å². The van der Waals surface area contributed by atoms with Crippen molar-refractivity contribution in [2.45, 2.75) is 140 Å². The maximum atomic E-state index is 4.60. The summed E-state index contributed by atoms with van der Waals surface area (Å²) >= 11 is 0. The van der Waals surface area contributed by atoms with Crippen LogP contribution in [0, 0.1) is 29.1 Å². The summed E-state index contributed by atoms with van der Waals surface area (Å²) in [6, 6.07) is 0. The molecule has 4 rings (SSSR count). The third-order valence-electron chi connectivity index (χ3n) is 7.90. The first kappa shape index (κ1) is 34.7. The minimum Gasteiger partial charge on any atom is -0.294 e. The third kappa shape index (κ3) is 15.3. The van der Waals surface area contributed by atoms with Crippen LogP contribution in [0.1, 0.15) is 140 Å². The Labute approximate surface area is 237 Å². The SMILES string of the molecule is CC(C)C1=NCC(C)(C)CC1.CC(C)C1=NCCC1.CC(C)C1=NCCCC1.CC(C)C1=NCCCCC1. The van der Waals surface area contributed by atoms with Crippen molar-refractivity contribution in [2.75, 3.05) is 26.2 Å². The van der Waals surface area contributed by atoms with Crippen molar-refractivity contribution in [3.8, 4) is 0 Å². The molecule has 220 valence electrons. The average Bonchev–Trinajstić information content (AvgIpc) is 3.28. The van der Waals surface area contributed by atoms with Gasteiger partial charge >= 0.3 is 0 Å². The monoisotopic (exact) mass is 529 g/mol. The lowest BCUT2D eigenvalue weighted by Gasteiger charge is -2.28. The van der Waals surface area contributed by atoms with Gasteiger partial charge in [0.1, 0.15) is 0 Å². The first-order valence-electron chi connectivity index (χ1n) is 16.1. The van der Waals surface area contributed by atoms with Gasteiger partial charge in [0, 0.05) is 49.0 Å². The smallest absolute Gasteiger partial charge is 0.0440 e. The van der Waals surface area contributed by atoms with Gasteiger partial charge in [-0.15, -0.1) is 0 Å². The quantitative estimate of drug-likeness (QED) is 0.349. The van der Waals surface area contributed by atoms with E-state index in [0.29, 0.717) is 29.1 Å². The number of hydrogen-bond donors (Lipinski definition) is 0. The van der Waals surface area contributed by atoms with Crippen molar-refractivity contribution in [1.29, 1.82) is 0 Å². The van der Waals surface area contributed by atoms with Gasteiger partial charge in [-0.25, -0.2) is 0 Å². The molecule has 4 heteroatoms. The summed E-state index contributed by atoms with van der Waals surface area (Å²) < 4.78 is 0. The molecule has 0 amide bonds. The van der Waals surface area contributed by atoms with E-state index in [0.717, 1.165) is 26.2 Å². The highest BCUT2D eigenvalue weighted by atomic mass is 14.8. The Morgan fingerprint density at radius 2 is 0.816 bits per heavy atom. The lowest BCUT2D eigenvalue weighted by atomic mass is 9.83. The lowest BCUT2D eigenvalue weighted by molar-refractivity contribution is 0.339. The molecule has 0 radical (unpaired) electrons. The van der Waals surface area contributed by atoms with Crippen LogP contribution in [0.5, 0.6) is 0 Å². The van der Waals surface area contributed by atoms with Gasteiger partial charge in [-0.2, -0.15) is 0 Å². The zero-order chi connectivity index (χ0) is 28.6. The highest BCUT2D eigenvalue weighted by Crippen LogP contribution is 2.28. The van der Waals surface area contributed by atoms with Gasteiger partial charge in [-0.1, -0.05) is 75.7 Å². The van der Waals surface area contributed by atoms with Gasteiger partial charge in [0.05, 0.1) is 0 Å². The van der Waals surface area contributed by atoms with E-state index < -0.39 is 0 Å². The Hall–Kier alpha value is -1.32. The van der Waals surface area contributed by atoms with E-state index in [-0.39, 0.29) is 0 Å². The summed E-state index contributed by atoms with van der Waals surface area (Å²) in [6.45, 7) is 26.7. The Kier molecular flexibility index (Phi) is 17.2. The molecular weight excluding hydrogens is 464 g/mol. The molecule has 4 nitrogen and oxygen atoms in total. The van der Waals surface area contributed by atoms with Crippen LogP contribution in [0.2, 0.25) is 0 Å². The zero-order valence-corrected chi connectivity index (χ0v) is 27.2. The molecule has 0 fully saturated rings. The van der Waals surface area contributed by atoms with E-state index in [1.165, 1.54) is 93.5 Å². The highest BCUT2D eigenvalue weighted by Gasteiger charge is 2.23. The molecular formula is C34H64N4. The van der Waals surface area contributed by atoms with Crippen molar-refractivity contribution in [2.24, 2.45) is 49.1 Å². The van der Waals surface area contributed by atoms with E-state index >= 15 is 0 Å². The van der Waals surface area contributed by atoms with Gasteiger partial charge in [-0.05, 0) is 93.3 Å². The molecule has 38 heavy (non-hydrogen) atoms. The summed E-state index contributed by atoms with van der Waals surface area (Å²) in [5.74, 6) is 2.71. The summed E-state index contributed by atoms with van der Waals surface area (Å²) in [6.07, 6.45) is 14.2. The van der Waals surface area contributed by atoms with Crippen LogP contribution < -0.4 is 0 Å². The van der Waals surface area contributed by atoms with E-state index in [1.807, 2.05) is 0 Å². The summed E-state index contributed by atoms with van der Waals surface area (Å²) in [5.41, 5.74) is 6.17. The first-order valence-corrected chi connectivity index (χ1v) is 16.1. The average molecular weight is 529 g/mol. The van der Waals surface area contributed by atoms with Crippen LogP contribution in [-0.4, -0.2) is 49.0 Å². The molecule has 0 aromatic heterocycles. The van der Waals surface area contributed by atoms with Gasteiger partial charge in [0.2, 0.25) is 0 Å². The van der Waals surface area contributed by atoms with Gasteiger partial charge in [0.15, 0.2) is 0 Å². The summed E-state index contributed by atoms with van der Waals surface area (Å²) in [4.78, 5) is 17.9. The normalized spacial score (nSPS) is 21.1. The fourth-order valence-corrected chi connectivity index (χ4v) is 5.00. The second-order valence-electron chi connectivity index (χ2n) is 13.6. The minimum absolute atomic E-state index is 0.457. The van der Waals surface area contributed by atoms with E-state index in [1.54, 1.807) is 0 Å². The minimum atomic E-state index is 0.457. The molecule has 0 aliphatic carbocycles. The molecule has 0 aromatic rings. The molecule has 0 atom stereocenters. The first-order chi connectivity index (χ1) is 17.9. The number of hydrogen-bond acceptors (Lipinski definition) is 4. The van der Waals surface area contributed by atoms with Crippen LogP contribution in [0.3, 0.4) is 0 Å². The maximum Gasteiger partial charge on any atom is 0.0440 e. The molecule has 4 aliphatic rings. The van der Waals surface area contributed by atoms with Gasteiger partial charge in [0.25, 0.3) is 0 Å². The van der Waals surface area contributed by atoms with Crippen molar-refractivity contribution in [3.05, 3.63) is 0 Å². The topological polar surface area (TPSA) is 49.4 Å². The fourth-order valence-electron chi connectivity index (χ4n) is 5.00. The standard InChI is InChI=1S/C10H19N.C9H17N.C8H15N.C7H13N/c1-8(2)9-5-6-10(3,4)7-11-9;1-8(2)9-6-4-3-5-7-10-9;1-7(2)8-5-3-4-6-9-8;1-6(2)7-4-3-5-8-7/h8H,5-7H2,1-4H3;8H,3-7H2,1-2H3;7H,3-6H2,1-2H3;6H,3-5H2,1-2H3. The van der Waals surface area contributed by atoms with E-state index in [4.69, 9.17) is 0 Å². The van der Waals surface area contributed by atoms with E-state index in [2.05, 4.69) is 89.2 Å². The van der Waals surface area contributed by atoms with Crippen LogP contribution >= 0.6 is 0 Å². The molecule has 0 bridgehead atoms. The molecule has 4 aliphatic heterocycles. The predicted molar refractivity (Wildman–Crippen MR) is 173 cm³/mol. The molecule has 0 unspecified atom stereocenters. The summed E-state index contributed by atoms with van der Waals surface area (Å²) in [5, 5.41) is 0.